The Kier molecular flexibility index (Phi) is 8.67. The molecule has 0 radical (unpaired) electrons. The number of halogens is 1. The molecule has 0 amide bonds. The van der Waals surface area contributed by atoms with Gasteiger partial charge in [0, 0.05) is 28.4 Å². The topological polar surface area (TPSA) is 82.3 Å². The van der Waals surface area contributed by atoms with Gasteiger partial charge in [0.2, 0.25) is 0 Å². The lowest BCUT2D eigenvalue weighted by molar-refractivity contribution is 0.403. The van der Waals surface area contributed by atoms with Crippen molar-refractivity contribution >= 4 is 23.7 Å². The third-order valence-corrected chi connectivity index (χ3v) is 6.52. The van der Waals surface area contributed by atoms with Crippen molar-refractivity contribution in [1.29, 1.82) is 0 Å². The first-order valence-electron chi connectivity index (χ1n) is 13.5. The summed E-state index contributed by atoms with van der Waals surface area (Å²) >= 11 is 0. The number of aromatic amines is 2. The maximum absolute atomic E-state index is 13.9. The van der Waals surface area contributed by atoms with Gasteiger partial charge >= 0.3 is 0 Å². The molecule has 3 aromatic heterocycles. The van der Waals surface area contributed by atoms with E-state index in [4.69, 9.17) is 4.98 Å². The summed E-state index contributed by atoms with van der Waals surface area (Å²) < 4.78 is 13.9. The van der Waals surface area contributed by atoms with E-state index in [2.05, 4.69) is 78.1 Å². The number of pyridine rings is 1. The first kappa shape index (κ1) is 29.2. The number of fused-ring (bicyclic) bond motifs is 1. The Bertz CT molecular complexity index is 1810. The van der Waals surface area contributed by atoms with Gasteiger partial charge in [0.05, 0.1) is 22.6 Å². The number of imidazole rings is 1. The average Bonchev–Trinajstić information content (AvgIpc) is 3.51. The van der Waals surface area contributed by atoms with E-state index in [-0.39, 0.29) is 11.2 Å². The number of aromatic nitrogens is 5. The minimum absolute atomic E-state index is 0.141. The van der Waals surface area contributed by atoms with Crippen molar-refractivity contribution in [1.82, 2.24) is 30.5 Å². The molecule has 210 valence electrons. The van der Waals surface area contributed by atoms with E-state index in [0.717, 1.165) is 45.4 Å². The normalized spacial score (nSPS) is 13.6. The Morgan fingerprint density at radius 2 is 1.98 bits per heavy atom. The minimum Gasteiger partial charge on any atom is -0.359 e. The van der Waals surface area contributed by atoms with Crippen molar-refractivity contribution in [2.75, 3.05) is 0 Å². The Labute approximate surface area is 240 Å². The van der Waals surface area contributed by atoms with Crippen molar-refractivity contribution in [3.05, 3.63) is 113 Å². The molecule has 0 atom stereocenters. The molecule has 1 aromatic carbocycles. The van der Waals surface area contributed by atoms with Crippen LogP contribution < -0.4 is 15.9 Å². The first-order chi connectivity index (χ1) is 19.5. The number of rotatable bonds is 9. The molecule has 7 heteroatoms. The molecule has 0 aliphatic rings. The quantitative estimate of drug-likeness (QED) is 0.200. The fourth-order valence-electron chi connectivity index (χ4n) is 4.56. The molecule has 0 spiro atoms. The van der Waals surface area contributed by atoms with E-state index < -0.39 is 0 Å². The molecule has 4 rings (SSSR count). The third kappa shape index (κ3) is 7.06. The summed E-state index contributed by atoms with van der Waals surface area (Å²) in [5.74, 6) is 0.243. The number of allylic oxidation sites excluding steroid dienone is 7. The summed E-state index contributed by atoms with van der Waals surface area (Å²) in [4.78, 5) is 12.4. The molecule has 0 saturated carbocycles. The van der Waals surface area contributed by atoms with Crippen molar-refractivity contribution < 1.29 is 4.39 Å². The van der Waals surface area contributed by atoms with Crippen LogP contribution in [0.3, 0.4) is 0 Å². The van der Waals surface area contributed by atoms with E-state index in [1.165, 1.54) is 12.1 Å². The highest BCUT2D eigenvalue weighted by Crippen LogP contribution is 2.28. The van der Waals surface area contributed by atoms with Gasteiger partial charge in [0.25, 0.3) is 0 Å². The second-order valence-corrected chi connectivity index (χ2v) is 11.2. The maximum Gasteiger partial charge on any atom is 0.159 e. The van der Waals surface area contributed by atoms with Gasteiger partial charge in [-0.25, -0.2) is 9.37 Å². The molecule has 0 fully saturated rings. The summed E-state index contributed by atoms with van der Waals surface area (Å²) in [5.41, 5.74) is 7.53. The van der Waals surface area contributed by atoms with Crippen LogP contribution in [0.25, 0.3) is 46.3 Å². The van der Waals surface area contributed by atoms with E-state index >= 15 is 0 Å². The van der Waals surface area contributed by atoms with Gasteiger partial charge in [-0.1, -0.05) is 64.8 Å². The highest BCUT2D eigenvalue weighted by atomic mass is 19.1. The van der Waals surface area contributed by atoms with E-state index in [1.807, 2.05) is 32.1 Å². The monoisotopic (exact) mass is 548 g/mol. The standard InChI is InChI=1S/C34H37FN6/c1-9-24(17-27(10-2)37-22(4)18-34(6,7)8)21(3)14-15-29-23(5)31(41-40-29)33-38-30-20-36-19-28(32(30)39-33)25-12-11-13-26(35)16-25/h9-17,19-20,37,40H,2,4-5,18H2,1,3,6-8H3,(H,38,39)/b21-14+,24-9+,27-17+,29-15+. The molecule has 3 heterocycles. The number of hydrogen-bond acceptors (Lipinski definition) is 4. The summed E-state index contributed by atoms with van der Waals surface area (Å²) in [6.07, 6.45) is 14.1. The van der Waals surface area contributed by atoms with Crippen LogP contribution in [0.15, 0.2) is 96.7 Å². The molecule has 0 saturated heterocycles. The zero-order valence-corrected chi connectivity index (χ0v) is 24.4. The van der Waals surface area contributed by atoms with E-state index in [1.54, 1.807) is 24.5 Å². The molecule has 0 aliphatic heterocycles. The SMILES string of the molecule is C=C\C(=C/C(=C\C)C(/C)=C/C=c1/[nH]nc(-c2nc3c(-c4cccc(F)c4)cncc3[nH]2)c1=C)NC(=C)CC(C)(C)C. The number of benzene rings is 1. The van der Waals surface area contributed by atoms with Crippen LogP contribution in [-0.4, -0.2) is 25.1 Å². The van der Waals surface area contributed by atoms with Crippen LogP contribution >= 0.6 is 0 Å². The highest BCUT2D eigenvalue weighted by molar-refractivity contribution is 5.92. The first-order valence-corrected chi connectivity index (χ1v) is 13.5. The van der Waals surface area contributed by atoms with Gasteiger partial charge in [-0.05, 0) is 72.8 Å². The third-order valence-electron chi connectivity index (χ3n) is 6.52. The second kappa shape index (κ2) is 12.2. The molecule has 0 aliphatic carbocycles. The number of nitrogens with zero attached hydrogens (tertiary/aromatic N) is 3. The Hall–Kier alpha value is -4.78. The molecule has 0 unspecified atom stereocenters. The Morgan fingerprint density at radius 3 is 2.66 bits per heavy atom. The predicted molar refractivity (Wildman–Crippen MR) is 168 cm³/mol. The van der Waals surface area contributed by atoms with Crippen LogP contribution in [0.4, 0.5) is 4.39 Å². The van der Waals surface area contributed by atoms with Crippen LogP contribution in [0, 0.1) is 11.2 Å². The minimum atomic E-state index is -0.314. The van der Waals surface area contributed by atoms with Gasteiger partial charge < -0.3 is 10.3 Å². The largest absolute Gasteiger partial charge is 0.359 e. The molecule has 41 heavy (non-hydrogen) atoms. The number of hydrogen-bond donors (Lipinski definition) is 3. The lowest BCUT2D eigenvalue weighted by atomic mass is 9.91. The van der Waals surface area contributed by atoms with Crippen LogP contribution in [0.1, 0.15) is 41.0 Å². The lowest BCUT2D eigenvalue weighted by Gasteiger charge is -2.21. The molecule has 4 aromatic rings. The van der Waals surface area contributed by atoms with Crippen molar-refractivity contribution in [3.63, 3.8) is 0 Å². The smallest absolute Gasteiger partial charge is 0.159 e. The molecule has 6 nitrogen and oxygen atoms in total. The Morgan fingerprint density at radius 1 is 1.20 bits per heavy atom. The second-order valence-electron chi connectivity index (χ2n) is 11.2. The van der Waals surface area contributed by atoms with Gasteiger partial charge in [0.15, 0.2) is 5.82 Å². The lowest BCUT2D eigenvalue weighted by Crippen LogP contribution is -2.21. The Balaban J connectivity index is 1.62. The zero-order valence-electron chi connectivity index (χ0n) is 24.4. The molecular weight excluding hydrogens is 511 g/mol. The van der Waals surface area contributed by atoms with E-state index in [9.17, 15) is 4.39 Å². The zero-order chi connectivity index (χ0) is 29.7. The highest BCUT2D eigenvalue weighted by Gasteiger charge is 2.14. The maximum atomic E-state index is 13.9. The predicted octanol–water partition coefficient (Wildman–Crippen LogP) is 6.85. The molecular formula is C34H37FN6. The van der Waals surface area contributed by atoms with Gasteiger partial charge in [0.1, 0.15) is 11.5 Å². The molecule has 3 N–H and O–H groups in total. The van der Waals surface area contributed by atoms with Crippen LogP contribution in [0.5, 0.6) is 0 Å². The average molecular weight is 549 g/mol. The van der Waals surface area contributed by atoms with Gasteiger partial charge in [-0.2, -0.15) is 5.10 Å². The fourth-order valence-corrected chi connectivity index (χ4v) is 4.56. The fraction of sp³-hybridized carbons (Fsp3) is 0.206. The number of H-pyrrole nitrogens is 2. The summed E-state index contributed by atoms with van der Waals surface area (Å²) in [6, 6.07) is 6.39. The van der Waals surface area contributed by atoms with Crippen LogP contribution in [-0.2, 0) is 0 Å². The van der Waals surface area contributed by atoms with Gasteiger partial charge in [-0.15, -0.1) is 0 Å². The van der Waals surface area contributed by atoms with E-state index in [0.29, 0.717) is 27.8 Å². The summed E-state index contributed by atoms with van der Waals surface area (Å²) in [6.45, 7) is 23.0. The summed E-state index contributed by atoms with van der Waals surface area (Å²) in [5, 5.41) is 12.4. The molecule has 0 bridgehead atoms. The van der Waals surface area contributed by atoms with Crippen LogP contribution in [0.2, 0.25) is 0 Å². The summed E-state index contributed by atoms with van der Waals surface area (Å²) in [7, 11) is 0. The van der Waals surface area contributed by atoms with Crippen molar-refractivity contribution in [2.45, 2.75) is 41.0 Å². The van der Waals surface area contributed by atoms with Crippen molar-refractivity contribution in [3.8, 4) is 22.6 Å². The van der Waals surface area contributed by atoms with Gasteiger partial charge in [-0.3, -0.25) is 10.1 Å². The number of nitrogens with one attached hydrogen (secondary N) is 3. The van der Waals surface area contributed by atoms with Crippen molar-refractivity contribution in [2.24, 2.45) is 5.41 Å².